The fourth-order valence-electron chi connectivity index (χ4n) is 4.18. The summed E-state index contributed by atoms with van der Waals surface area (Å²) in [5.41, 5.74) is 2.31. The van der Waals surface area contributed by atoms with Crippen molar-refractivity contribution >= 4 is 11.6 Å². The number of halogens is 1. The van der Waals surface area contributed by atoms with E-state index in [0.29, 0.717) is 18.3 Å². The maximum Gasteiger partial charge on any atom is 0.273 e. The molecule has 0 radical (unpaired) electrons. The molecule has 1 unspecified atom stereocenters. The van der Waals surface area contributed by atoms with Crippen LogP contribution in [-0.2, 0) is 0 Å². The van der Waals surface area contributed by atoms with Crippen LogP contribution < -0.4 is 15.5 Å². The van der Waals surface area contributed by atoms with Crippen LogP contribution in [0.5, 0.6) is 0 Å². The van der Waals surface area contributed by atoms with Crippen LogP contribution in [0.2, 0.25) is 0 Å². The summed E-state index contributed by atoms with van der Waals surface area (Å²) in [6, 6.07) is 5.20. The molecule has 7 nitrogen and oxygen atoms in total. The molecule has 2 N–H and O–H groups in total. The first-order chi connectivity index (χ1) is 13.6. The number of rotatable bonds is 4. The molecule has 1 aromatic heterocycles. The van der Waals surface area contributed by atoms with Gasteiger partial charge in [0.15, 0.2) is 5.69 Å². The van der Waals surface area contributed by atoms with Gasteiger partial charge in [-0.2, -0.15) is 0 Å². The van der Waals surface area contributed by atoms with Gasteiger partial charge >= 0.3 is 0 Å². The van der Waals surface area contributed by atoms with Crippen LogP contribution in [-0.4, -0.2) is 53.1 Å². The van der Waals surface area contributed by atoms with E-state index in [1.807, 2.05) is 17.7 Å². The lowest BCUT2D eigenvalue weighted by Gasteiger charge is -2.35. The van der Waals surface area contributed by atoms with Gasteiger partial charge in [-0.1, -0.05) is 5.21 Å². The number of nitrogens with zero attached hydrogens (tertiary/aromatic N) is 4. The quantitative estimate of drug-likeness (QED) is 0.841. The highest BCUT2D eigenvalue weighted by atomic mass is 19.1. The van der Waals surface area contributed by atoms with Gasteiger partial charge < -0.3 is 15.5 Å². The van der Waals surface area contributed by atoms with Gasteiger partial charge in [0.1, 0.15) is 5.82 Å². The Kier molecular flexibility index (Phi) is 5.57. The Morgan fingerprint density at radius 1 is 1.29 bits per heavy atom. The first kappa shape index (κ1) is 18.9. The Balaban J connectivity index is 1.38. The Hall–Kier alpha value is -2.48. The maximum atomic E-state index is 13.4. The Labute approximate surface area is 164 Å². The van der Waals surface area contributed by atoms with Crippen molar-refractivity contribution in [3.63, 3.8) is 0 Å². The minimum absolute atomic E-state index is 0.0368. The summed E-state index contributed by atoms with van der Waals surface area (Å²) in [5, 5.41) is 14.7. The first-order valence-corrected chi connectivity index (χ1v) is 10.0. The molecular weight excluding hydrogens is 359 g/mol. The van der Waals surface area contributed by atoms with Crippen LogP contribution >= 0.6 is 0 Å². The highest BCUT2D eigenvalue weighted by Crippen LogP contribution is 2.24. The van der Waals surface area contributed by atoms with Gasteiger partial charge in [-0.3, -0.25) is 4.79 Å². The molecule has 150 valence electrons. The van der Waals surface area contributed by atoms with Crippen molar-refractivity contribution in [2.24, 2.45) is 0 Å². The van der Waals surface area contributed by atoms with E-state index < -0.39 is 0 Å². The first-order valence-electron chi connectivity index (χ1n) is 10.0. The smallest absolute Gasteiger partial charge is 0.273 e. The van der Waals surface area contributed by atoms with Gasteiger partial charge in [0.25, 0.3) is 5.91 Å². The number of carbonyl (C=O) groups excluding carboxylic acids is 1. The number of hydrogen-bond acceptors (Lipinski definition) is 5. The number of carbonyl (C=O) groups is 1. The molecule has 2 fully saturated rings. The van der Waals surface area contributed by atoms with Crippen molar-refractivity contribution in [1.82, 2.24) is 25.6 Å². The van der Waals surface area contributed by atoms with Crippen molar-refractivity contribution in [1.29, 1.82) is 0 Å². The molecule has 2 aromatic rings. The van der Waals surface area contributed by atoms with Crippen LogP contribution in [0.4, 0.5) is 10.1 Å². The van der Waals surface area contributed by atoms with Gasteiger partial charge in [-0.05, 0) is 69.5 Å². The molecular formula is C20H27FN6O. The lowest BCUT2D eigenvalue weighted by molar-refractivity contribution is 0.0928. The van der Waals surface area contributed by atoms with E-state index in [4.69, 9.17) is 0 Å². The number of benzene rings is 1. The van der Waals surface area contributed by atoms with E-state index >= 15 is 0 Å². The van der Waals surface area contributed by atoms with Crippen LogP contribution in [0.15, 0.2) is 24.4 Å². The van der Waals surface area contributed by atoms with E-state index in [-0.39, 0.29) is 17.8 Å². The second-order valence-corrected chi connectivity index (χ2v) is 7.75. The van der Waals surface area contributed by atoms with E-state index in [0.717, 1.165) is 56.6 Å². The monoisotopic (exact) mass is 386 g/mol. The molecule has 1 aromatic carbocycles. The summed E-state index contributed by atoms with van der Waals surface area (Å²) in [6.07, 6.45) is 5.66. The zero-order chi connectivity index (χ0) is 19.5. The molecule has 28 heavy (non-hydrogen) atoms. The normalized spacial score (nSPS) is 20.9. The molecule has 0 saturated carbocycles. The number of nitrogens with one attached hydrogen (secondary N) is 2. The zero-order valence-electron chi connectivity index (χ0n) is 16.2. The predicted molar refractivity (Wildman–Crippen MR) is 105 cm³/mol. The number of anilines is 1. The Morgan fingerprint density at radius 2 is 2.11 bits per heavy atom. The van der Waals surface area contributed by atoms with Crippen LogP contribution in [0.25, 0.3) is 0 Å². The molecule has 1 amide bonds. The maximum absolute atomic E-state index is 13.4. The molecule has 2 aliphatic heterocycles. The van der Waals surface area contributed by atoms with Gasteiger partial charge in [-0.15, -0.1) is 5.10 Å². The third-order valence-electron chi connectivity index (χ3n) is 5.68. The largest absolute Gasteiger partial charge is 0.369 e. The lowest BCUT2D eigenvalue weighted by atomic mass is 10.0. The third kappa shape index (κ3) is 4.16. The van der Waals surface area contributed by atoms with Crippen LogP contribution in [0.3, 0.4) is 0 Å². The molecule has 0 bridgehead atoms. The number of aromatic nitrogens is 3. The van der Waals surface area contributed by atoms with E-state index in [2.05, 4.69) is 25.8 Å². The molecule has 3 heterocycles. The molecule has 4 rings (SSSR count). The van der Waals surface area contributed by atoms with Crippen molar-refractivity contribution < 1.29 is 9.18 Å². The minimum atomic E-state index is -0.222. The fraction of sp³-hybridized carbons (Fsp3) is 0.550. The SMILES string of the molecule is Cc1cc(F)ccc1N1CCCC(NC(=O)c2cn(C3CCNCC3)nn2)C1. The number of piperidine rings is 2. The summed E-state index contributed by atoms with van der Waals surface area (Å²) in [5.74, 6) is -0.400. The standard InChI is InChI=1S/C20H27FN6O/c1-14-11-15(21)4-5-19(14)26-10-2-3-16(12-26)23-20(28)18-13-27(25-24-18)17-6-8-22-9-7-17/h4-5,11,13,16-17,22H,2-3,6-10,12H2,1H3,(H,23,28). The molecule has 8 heteroatoms. The highest BCUT2D eigenvalue weighted by Gasteiger charge is 2.25. The topological polar surface area (TPSA) is 75.1 Å². The summed E-state index contributed by atoms with van der Waals surface area (Å²) < 4.78 is 15.2. The van der Waals surface area contributed by atoms with E-state index in [1.165, 1.54) is 6.07 Å². The summed E-state index contributed by atoms with van der Waals surface area (Å²) in [7, 11) is 0. The number of amides is 1. The third-order valence-corrected chi connectivity index (χ3v) is 5.68. The molecule has 1 atom stereocenters. The van der Waals surface area contributed by atoms with Gasteiger partial charge in [-0.25, -0.2) is 9.07 Å². The second kappa shape index (κ2) is 8.26. The van der Waals surface area contributed by atoms with Gasteiger partial charge in [0.05, 0.1) is 12.2 Å². The van der Waals surface area contributed by atoms with Crippen molar-refractivity contribution in [3.8, 4) is 0 Å². The summed E-state index contributed by atoms with van der Waals surface area (Å²) in [4.78, 5) is 14.9. The summed E-state index contributed by atoms with van der Waals surface area (Å²) >= 11 is 0. The Morgan fingerprint density at radius 3 is 2.89 bits per heavy atom. The zero-order valence-corrected chi connectivity index (χ0v) is 16.2. The predicted octanol–water partition coefficient (Wildman–Crippen LogP) is 2.05. The average molecular weight is 386 g/mol. The Bertz CT molecular complexity index is 832. The van der Waals surface area contributed by atoms with Crippen molar-refractivity contribution in [2.75, 3.05) is 31.1 Å². The minimum Gasteiger partial charge on any atom is -0.369 e. The highest BCUT2D eigenvalue weighted by molar-refractivity contribution is 5.92. The van der Waals surface area contributed by atoms with Gasteiger partial charge in [0.2, 0.25) is 0 Å². The number of aryl methyl sites for hydroxylation is 1. The lowest BCUT2D eigenvalue weighted by Crippen LogP contribution is -2.48. The van der Waals surface area contributed by atoms with Crippen LogP contribution in [0, 0.1) is 12.7 Å². The van der Waals surface area contributed by atoms with Crippen molar-refractivity contribution in [2.45, 2.75) is 44.7 Å². The molecule has 2 aliphatic rings. The van der Waals surface area contributed by atoms with E-state index in [9.17, 15) is 9.18 Å². The van der Waals surface area contributed by atoms with Crippen molar-refractivity contribution in [3.05, 3.63) is 41.5 Å². The fourth-order valence-corrected chi connectivity index (χ4v) is 4.18. The molecule has 2 saturated heterocycles. The van der Waals surface area contributed by atoms with Crippen LogP contribution in [0.1, 0.15) is 47.8 Å². The second-order valence-electron chi connectivity index (χ2n) is 7.75. The van der Waals surface area contributed by atoms with Gasteiger partial charge in [0, 0.05) is 24.8 Å². The molecule has 0 spiro atoms. The average Bonchev–Trinajstić information content (AvgIpc) is 3.19. The summed E-state index contributed by atoms with van der Waals surface area (Å²) in [6.45, 7) is 5.46. The number of hydrogen-bond donors (Lipinski definition) is 2. The van der Waals surface area contributed by atoms with E-state index in [1.54, 1.807) is 12.3 Å². The molecule has 0 aliphatic carbocycles.